The minimum Gasteiger partial charge on any atom is -0.497 e. The Morgan fingerprint density at radius 2 is 1.78 bits per heavy atom. The molecule has 1 unspecified atom stereocenters. The van der Waals surface area contributed by atoms with Gasteiger partial charge in [-0.3, -0.25) is 4.79 Å². The molecule has 0 spiro atoms. The molecule has 2 aliphatic heterocycles. The van der Waals surface area contributed by atoms with Crippen molar-refractivity contribution < 1.29 is 14.3 Å². The molecule has 6 heteroatoms. The molecule has 1 atom stereocenters. The number of urea groups is 1. The summed E-state index contributed by atoms with van der Waals surface area (Å²) >= 11 is 0. The van der Waals surface area contributed by atoms with Gasteiger partial charge in [-0.05, 0) is 30.2 Å². The zero-order chi connectivity index (χ0) is 19.0. The van der Waals surface area contributed by atoms with E-state index in [2.05, 4.69) is 10.6 Å². The molecule has 0 radical (unpaired) electrons. The molecule has 2 heterocycles. The van der Waals surface area contributed by atoms with Gasteiger partial charge in [0.05, 0.1) is 31.0 Å². The molecule has 0 fully saturated rings. The average Bonchev–Trinajstić information content (AvgIpc) is 2.98. The molecule has 3 amide bonds. The molecule has 6 nitrogen and oxygen atoms in total. The van der Waals surface area contributed by atoms with Crippen molar-refractivity contribution >= 4 is 11.9 Å². The van der Waals surface area contributed by atoms with E-state index in [0.29, 0.717) is 24.4 Å². The van der Waals surface area contributed by atoms with Crippen LogP contribution in [-0.4, -0.2) is 30.5 Å². The van der Waals surface area contributed by atoms with Gasteiger partial charge >= 0.3 is 6.03 Å². The highest BCUT2D eigenvalue weighted by molar-refractivity contribution is 6.01. The molecule has 0 saturated heterocycles. The van der Waals surface area contributed by atoms with Gasteiger partial charge in [-0.2, -0.15) is 0 Å². The highest BCUT2D eigenvalue weighted by atomic mass is 16.5. The summed E-state index contributed by atoms with van der Waals surface area (Å²) in [6.45, 7) is 2.95. The largest absolute Gasteiger partial charge is 0.497 e. The maximum absolute atomic E-state index is 13.1. The van der Waals surface area contributed by atoms with E-state index in [4.69, 9.17) is 4.74 Å². The van der Waals surface area contributed by atoms with Crippen molar-refractivity contribution in [3.63, 3.8) is 0 Å². The Labute approximate surface area is 157 Å². The standard InChI is InChI=1S/C21H21N3O3/c1-13-3-5-14(6-4-13)11-24-12-17-18(20(24)25)19(23-21(26)22-17)15-7-9-16(27-2)10-8-15/h3-10,19H,11-12H2,1-2H3,(H2,22,23,26). The summed E-state index contributed by atoms with van der Waals surface area (Å²) in [5.41, 5.74) is 4.38. The van der Waals surface area contributed by atoms with E-state index >= 15 is 0 Å². The second-order valence-electron chi connectivity index (χ2n) is 6.84. The molecular weight excluding hydrogens is 342 g/mol. The second-order valence-corrected chi connectivity index (χ2v) is 6.84. The van der Waals surface area contributed by atoms with Crippen LogP contribution in [-0.2, 0) is 11.3 Å². The van der Waals surface area contributed by atoms with Gasteiger partial charge in [-0.1, -0.05) is 42.0 Å². The number of nitrogens with one attached hydrogen (secondary N) is 2. The maximum atomic E-state index is 13.1. The number of benzene rings is 2. The number of rotatable bonds is 4. The van der Waals surface area contributed by atoms with Crippen LogP contribution in [0, 0.1) is 6.92 Å². The van der Waals surface area contributed by atoms with E-state index in [0.717, 1.165) is 16.9 Å². The van der Waals surface area contributed by atoms with Gasteiger partial charge < -0.3 is 20.3 Å². The number of carbonyl (C=O) groups is 2. The van der Waals surface area contributed by atoms with Crippen LogP contribution in [0.25, 0.3) is 0 Å². The summed E-state index contributed by atoms with van der Waals surface area (Å²) in [4.78, 5) is 27.0. The normalized spacial score (nSPS) is 18.9. The van der Waals surface area contributed by atoms with Gasteiger partial charge in [0.1, 0.15) is 5.75 Å². The fourth-order valence-corrected chi connectivity index (χ4v) is 3.52. The number of nitrogens with zero attached hydrogens (tertiary/aromatic N) is 1. The third kappa shape index (κ3) is 3.26. The number of methoxy groups -OCH3 is 1. The first-order chi connectivity index (χ1) is 13.0. The fourth-order valence-electron chi connectivity index (χ4n) is 3.52. The summed E-state index contributed by atoms with van der Waals surface area (Å²) in [6, 6.07) is 14.8. The van der Waals surface area contributed by atoms with Crippen molar-refractivity contribution in [2.24, 2.45) is 0 Å². The van der Waals surface area contributed by atoms with Crippen molar-refractivity contribution in [3.8, 4) is 5.75 Å². The van der Waals surface area contributed by atoms with E-state index in [9.17, 15) is 9.59 Å². The minimum absolute atomic E-state index is 0.0566. The van der Waals surface area contributed by atoms with E-state index in [1.807, 2.05) is 55.5 Å². The molecule has 2 aromatic carbocycles. The van der Waals surface area contributed by atoms with Crippen molar-refractivity contribution in [3.05, 3.63) is 76.5 Å². The third-order valence-corrected chi connectivity index (χ3v) is 4.96. The van der Waals surface area contributed by atoms with Crippen LogP contribution in [0.4, 0.5) is 4.79 Å². The van der Waals surface area contributed by atoms with Gasteiger partial charge in [-0.25, -0.2) is 4.79 Å². The lowest BCUT2D eigenvalue weighted by molar-refractivity contribution is -0.126. The highest BCUT2D eigenvalue weighted by Crippen LogP contribution is 2.33. The van der Waals surface area contributed by atoms with Crippen molar-refractivity contribution in [1.29, 1.82) is 0 Å². The molecule has 0 bridgehead atoms. The second kappa shape index (κ2) is 6.79. The Hall–Kier alpha value is -3.28. The molecule has 0 aliphatic carbocycles. The average molecular weight is 363 g/mol. The molecule has 2 N–H and O–H groups in total. The topological polar surface area (TPSA) is 70.7 Å². The van der Waals surface area contributed by atoms with Crippen molar-refractivity contribution in [1.82, 2.24) is 15.5 Å². The summed E-state index contributed by atoms with van der Waals surface area (Å²) in [5, 5.41) is 5.67. The zero-order valence-electron chi connectivity index (χ0n) is 15.3. The van der Waals surface area contributed by atoms with Crippen molar-refractivity contribution in [2.45, 2.75) is 19.5 Å². The lowest BCUT2D eigenvalue weighted by Crippen LogP contribution is -2.44. The molecule has 0 aromatic heterocycles. The summed E-state index contributed by atoms with van der Waals surface area (Å²) in [7, 11) is 1.60. The fraction of sp³-hybridized carbons (Fsp3) is 0.238. The Bertz CT molecular complexity index is 917. The SMILES string of the molecule is COc1ccc(C2NC(=O)NC3=C2C(=O)N(Cc2ccc(C)cc2)C3)cc1. The summed E-state index contributed by atoms with van der Waals surface area (Å²) in [6.07, 6.45) is 0. The van der Waals surface area contributed by atoms with E-state index < -0.39 is 6.04 Å². The van der Waals surface area contributed by atoms with Gasteiger partial charge in [0.15, 0.2) is 0 Å². The molecule has 138 valence electrons. The van der Waals surface area contributed by atoms with Crippen LogP contribution in [0.5, 0.6) is 5.75 Å². The van der Waals surface area contributed by atoms with Gasteiger partial charge in [0, 0.05) is 6.54 Å². The molecule has 27 heavy (non-hydrogen) atoms. The highest BCUT2D eigenvalue weighted by Gasteiger charge is 2.40. The minimum atomic E-state index is -0.463. The number of aryl methyl sites for hydroxylation is 1. The molecule has 4 rings (SSSR count). The van der Waals surface area contributed by atoms with E-state index in [1.165, 1.54) is 5.56 Å². The quantitative estimate of drug-likeness (QED) is 0.877. The predicted molar refractivity (Wildman–Crippen MR) is 101 cm³/mol. The lowest BCUT2D eigenvalue weighted by Gasteiger charge is -2.25. The summed E-state index contributed by atoms with van der Waals surface area (Å²) in [5.74, 6) is 0.672. The predicted octanol–water partition coefficient (Wildman–Crippen LogP) is 2.65. The number of hydrogen-bond donors (Lipinski definition) is 2. The van der Waals surface area contributed by atoms with Crippen LogP contribution in [0.1, 0.15) is 22.7 Å². The van der Waals surface area contributed by atoms with E-state index in [-0.39, 0.29) is 11.9 Å². The Morgan fingerprint density at radius 1 is 1.07 bits per heavy atom. The number of hydrogen-bond acceptors (Lipinski definition) is 3. The van der Waals surface area contributed by atoms with Crippen LogP contribution >= 0.6 is 0 Å². The molecule has 0 saturated carbocycles. The third-order valence-electron chi connectivity index (χ3n) is 4.96. The van der Waals surface area contributed by atoms with Gasteiger partial charge in [0.25, 0.3) is 5.91 Å². The first-order valence-electron chi connectivity index (χ1n) is 8.84. The Morgan fingerprint density at radius 3 is 2.44 bits per heavy atom. The van der Waals surface area contributed by atoms with Gasteiger partial charge in [-0.15, -0.1) is 0 Å². The maximum Gasteiger partial charge on any atom is 0.319 e. The van der Waals surface area contributed by atoms with Gasteiger partial charge in [0.2, 0.25) is 0 Å². The van der Waals surface area contributed by atoms with E-state index in [1.54, 1.807) is 12.0 Å². The lowest BCUT2D eigenvalue weighted by atomic mass is 9.96. The number of amides is 3. The Kier molecular flexibility index (Phi) is 4.32. The van der Waals surface area contributed by atoms with Crippen LogP contribution in [0.2, 0.25) is 0 Å². The first kappa shape index (κ1) is 17.1. The van der Waals surface area contributed by atoms with Crippen LogP contribution < -0.4 is 15.4 Å². The molecular formula is C21H21N3O3. The molecule has 2 aliphatic rings. The van der Waals surface area contributed by atoms with Crippen LogP contribution in [0.3, 0.4) is 0 Å². The Balaban J connectivity index is 1.60. The number of ether oxygens (including phenoxy) is 1. The smallest absolute Gasteiger partial charge is 0.319 e. The first-order valence-corrected chi connectivity index (χ1v) is 8.84. The van der Waals surface area contributed by atoms with Crippen LogP contribution in [0.15, 0.2) is 59.8 Å². The van der Waals surface area contributed by atoms with Crippen molar-refractivity contribution in [2.75, 3.05) is 13.7 Å². The monoisotopic (exact) mass is 363 g/mol. The summed E-state index contributed by atoms with van der Waals surface area (Å²) < 4.78 is 5.19. The number of carbonyl (C=O) groups excluding carboxylic acids is 2. The zero-order valence-corrected chi connectivity index (χ0v) is 15.3. The molecule has 2 aromatic rings.